The van der Waals surface area contributed by atoms with Gasteiger partial charge < -0.3 is 0 Å². The third-order valence-corrected chi connectivity index (χ3v) is 23.3. The lowest BCUT2D eigenvalue weighted by atomic mass is 9.49. The van der Waals surface area contributed by atoms with Crippen molar-refractivity contribution in [3.8, 4) is 0 Å². The molecule has 6 nitrogen and oxygen atoms in total. The van der Waals surface area contributed by atoms with Gasteiger partial charge in [-0.15, -0.1) is 0 Å². The van der Waals surface area contributed by atoms with Gasteiger partial charge in [-0.25, -0.2) is 0 Å². The number of fused-ring (bicyclic) bond motifs is 3. The Morgan fingerprint density at radius 1 is 0.729 bits per heavy atom. The minimum Gasteiger partial charge on any atom is -0.273 e. The van der Waals surface area contributed by atoms with Gasteiger partial charge in [0, 0.05) is 22.9 Å². The normalized spacial score (nSPS) is 39.5. The van der Waals surface area contributed by atoms with Crippen LogP contribution in [0, 0.1) is 129 Å². The van der Waals surface area contributed by atoms with Gasteiger partial charge in [-0.1, -0.05) is 180 Å². The Morgan fingerprint density at radius 2 is 1.21 bits per heavy atom. The van der Waals surface area contributed by atoms with Gasteiger partial charge in [-0.05, 0) is 178 Å². The molecule has 7 rings (SSSR count). The molecule has 18 unspecified atom stereocenters. The standard InChI is InChI=1S/C43H80.C19H19ClN2O2.CO2/c1-22(21-42(17,18)41(14,15)16)39-38(32(11)31(10)37-29(8)25(4)23(2)26(5)30(37)9)34(13)36-20-35-28(7)24(3)27(6)33(12)40(35)43(36,39)19;1-2-17-16(13-6-4-3-5-7-13)12-18(23)22(17)21-19(24)14-8-10-15(20)11-9-14;2-1-3/h22-40H,20-21H2,1-19H3;3-11,16-17H,2,12H2,1H3,(H,21,24);/t;16-,17-;/m.0./s1. The zero-order valence-electron chi connectivity index (χ0n) is 47.6. The van der Waals surface area contributed by atoms with Crippen molar-refractivity contribution in [1.82, 2.24) is 10.4 Å². The third-order valence-electron chi connectivity index (χ3n) is 23.1. The molecule has 392 valence electrons. The molecule has 2 aromatic carbocycles. The number of hydrogen-bond donors (Lipinski definition) is 1. The van der Waals surface area contributed by atoms with Crippen molar-refractivity contribution in [3.05, 3.63) is 70.7 Å². The number of hydrogen-bond acceptors (Lipinski definition) is 4. The number of hydrazine groups is 1. The van der Waals surface area contributed by atoms with Gasteiger partial charge in [0.15, 0.2) is 0 Å². The predicted octanol–water partition coefficient (Wildman–Crippen LogP) is 16.1. The summed E-state index contributed by atoms with van der Waals surface area (Å²) < 4.78 is 0. The van der Waals surface area contributed by atoms with Crippen LogP contribution in [0.15, 0.2) is 54.6 Å². The van der Waals surface area contributed by atoms with Gasteiger partial charge >= 0.3 is 6.15 Å². The lowest BCUT2D eigenvalue weighted by molar-refractivity contribution is -0.191. The molecule has 0 radical (unpaired) electrons. The summed E-state index contributed by atoms with van der Waals surface area (Å²) >= 11 is 5.85. The number of carbonyl (C=O) groups is 2. The van der Waals surface area contributed by atoms with Crippen LogP contribution in [0.1, 0.15) is 186 Å². The highest BCUT2D eigenvalue weighted by Crippen LogP contribution is 2.74. The van der Waals surface area contributed by atoms with Crippen molar-refractivity contribution in [1.29, 1.82) is 0 Å². The quantitative estimate of drug-likeness (QED) is 0.257. The maximum atomic E-state index is 12.4. The molecule has 0 bridgehead atoms. The number of nitrogens with one attached hydrogen (secondary N) is 1. The van der Waals surface area contributed by atoms with Crippen LogP contribution in [-0.2, 0) is 14.4 Å². The van der Waals surface area contributed by atoms with Crippen molar-refractivity contribution >= 4 is 29.6 Å². The molecule has 4 saturated carbocycles. The number of carbonyl (C=O) groups excluding carboxylic acids is 4. The average Bonchev–Trinajstić information content (AvgIpc) is 3.88. The van der Waals surface area contributed by atoms with E-state index in [1.807, 2.05) is 37.3 Å². The molecule has 1 aliphatic heterocycles. The molecule has 1 saturated heterocycles. The third kappa shape index (κ3) is 10.8. The van der Waals surface area contributed by atoms with E-state index in [-0.39, 0.29) is 29.9 Å². The van der Waals surface area contributed by atoms with Crippen molar-refractivity contribution in [2.45, 2.75) is 176 Å². The predicted molar refractivity (Wildman–Crippen MR) is 289 cm³/mol. The van der Waals surface area contributed by atoms with Crippen LogP contribution in [0.2, 0.25) is 5.02 Å². The molecule has 5 fully saturated rings. The molecular weight excluding hydrogens is 884 g/mol. The Morgan fingerprint density at radius 3 is 1.73 bits per heavy atom. The first-order chi connectivity index (χ1) is 32.5. The SMILES string of the molecule is CC(CC(C)(C)C(C)(C)C)C1C(C(C)C(C)C2C(C)C(C)C(C)C(C)C2C)C(C)C2CC3C(C)C(C)C(C)C(C)C3C21C.CC[C@H]1[C@H](c2ccccc2)CC(=O)N1NC(=O)c1ccc(Cl)cc1.O=C=O. The van der Waals surface area contributed by atoms with Crippen molar-refractivity contribution in [3.63, 3.8) is 0 Å². The average molecular weight is 984 g/mol. The Balaban J connectivity index is 0.000000284. The Labute approximate surface area is 432 Å². The molecule has 7 heteroatoms. The van der Waals surface area contributed by atoms with Crippen LogP contribution in [0.25, 0.3) is 0 Å². The number of halogens is 1. The first-order valence-corrected chi connectivity index (χ1v) is 28.4. The van der Waals surface area contributed by atoms with Crippen molar-refractivity contribution < 1.29 is 19.2 Å². The minimum absolute atomic E-state index is 0.0452. The smallest absolute Gasteiger partial charge is 0.273 e. The molecule has 5 aliphatic rings. The maximum absolute atomic E-state index is 12.4. The van der Waals surface area contributed by atoms with Crippen LogP contribution in [0.3, 0.4) is 0 Å². The summed E-state index contributed by atoms with van der Waals surface area (Å²) in [6.07, 6.45) is 4.30. The fourth-order valence-corrected chi connectivity index (χ4v) is 17.5. The summed E-state index contributed by atoms with van der Waals surface area (Å²) in [5.74, 6) is 15.7. The minimum atomic E-state index is -0.299. The Bertz CT molecular complexity index is 2060. The first kappa shape index (κ1) is 57.9. The van der Waals surface area contributed by atoms with Crippen molar-refractivity contribution in [2.24, 2.45) is 129 Å². The fourth-order valence-electron chi connectivity index (χ4n) is 17.4. The molecule has 4 aliphatic carbocycles. The van der Waals surface area contributed by atoms with E-state index in [1.165, 1.54) is 17.9 Å². The van der Waals surface area contributed by atoms with E-state index in [1.54, 1.807) is 24.3 Å². The Kier molecular flexibility index (Phi) is 18.8. The van der Waals surface area contributed by atoms with Gasteiger partial charge in [0.25, 0.3) is 5.91 Å². The van der Waals surface area contributed by atoms with Gasteiger partial charge in [0.2, 0.25) is 5.91 Å². The molecule has 1 N–H and O–H groups in total. The van der Waals surface area contributed by atoms with E-state index in [0.717, 1.165) is 124 Å². The second-order valence-corrected chi connectivity index (χ2v) is 27.1. The van der Waals surface area contributed by atoms with Crippen LogP contribution in [0.4, 0.5) is 0 Å². The zero-order valence-corrected chi connectivity index (χ0v) is 48.4. The van der Waals surface area contributed by atoms with E-state index in [9.17, 15) is 9.59 Å². The Hall–Kier alpha value is -2.95. The fraction of sp³-hybridized carbons (Fsp3) is 0.762. The summed E-state index contributed by atoms with van der Waals surface area (Å²) in [5, 5.41) is 2.06. The van der Waals surface area contributed by atoms with Crippen LogP contribution in [0.5, 0.6) is 0 Å². The van der Waals surface area contributed by atoms with E-state index >= 15 is 0 Å². The van der Waals surface area contributed by atoms with Crippen molar-refractivity contribution in [2.75, 3.05) is 0 Å². The van der Waals surface area contributed by atoms with Crippen LogP contribution < -0.4 is 5.43 Å². The maximum Gasteiger partial charge on any atom is 0.373 e. The lowest BCUT2D eigenvalue weighted by Crippen LogP contribution is -2.50. The largest absolute Gasteiger partial charge is 0.373 e. The van der Waals surface area contributed by atoms with E-state index in [2.05, 4.69) is 137 Å². The van der Waals surface area contributed by atoms with Gasteiger partial charge in [0.1, 0.15) is 0 Å². The first-order valence-electron chi connectivity index (χ1n) is 28.0. The topological polar surface area (TPSA) is 83.6 Å². The molecular formula is C63H99ClN2O4. The molecule has 1 heterocycles. The highest BCUT2D eigenvalue weighted by molar-refractivity contribution is 6.30. The summed E-state index contributed by atoms with van der Waals surface area (Å²) in [6.45, 7) is 52.1. The summed E-state index contributed by atoms with van der Waals surface area (Å²) in [6, 6.07) is 16.5. The van der Waals surface area contributed by atoms with Gasteiger partial charge in [0.05, 0.1) is 6.04 Å². The number of rotatable bonds is 10. The highest BCUT2D eigenvalue weighted by atomic mass is 35.5. The molecule has 70 heavy (non-hydrogen) atoms. The number of amides is 2. The summed E-state index contributed by atoms with van der Waals surface area (Å²) in [5.41, 5.74) is 5.50. The van der Waals surface area contributed by atoms with Gasteiger partial charge in [-0.2, -0.15) is 9.59 Å². The molecule has 0 aromatic heterocycles. The van der Waals surface area contributed by atoms with Gasteiger partial charge in [-0.3, -0.25) is 20.0 Å². The lowest BCUT2D eigenvalue weighted by Gasteiger charge is -2.55. The van der Waals surface area contributed by atoms with E-state index in [0.29, 0.717) is 33.3 Å². The molecule has 2 aromatic rings. The second kappa shape index (κ2) is 22.7. The number of benzene rings is 2. The van der Waals surface area contributed by atoms with Crippen LogP contribution in [-0.4, -0.2) is 29.0 Å². The number of nitrogens with zero attached hydrogens (tertiary/aromatic N) is 1. The molecule has 2 amide bonds. The molecule has 20 atom stereocenters. The van der Waals surface area contributed by atoms with Crippen LogP contribution >= 0.6 is 11.6 Å². The van der Waals surface area contributed by atoms with E-state index < -0.39 is 0 Å². The monoisotopic (exact) mass is 983 g/mol. The summed E-state index contributed by atoms with van der Waals surface area (Å²) in [7, 11) is 0. The summed E-state index contributed by atoms with van der Waals surface area (Å²) in [4.78, 5) is 41.1. The molecule has 0 spiro atoms. The highest BCUT2D eigenvalue weighted by Gasteiger charge is 2.69. The zero-order chi connectivity index (χ0) is 52.7. The van der Waals surface area contributed by atoms with E-state index in [4.69, 9.17) is 21.2 Å². The second-order valence-electron chi connectivity index (χ2n) is 26.7.